The molecule has 1 N–H and O–H groups in total. The lowest BCUT2D eigenvalue weighted by Crippen LogP contribution is -2.12. The van der Waals surface area contributed by atoms with E-state index in [-0.39, 0.29) is 11.7 Å². The van der Waals surface area contributed by atoms with Crippen LogP contribution < -0.4 is 5.32 Å². The Morgan fingerprint density at radius 2 is 1.67 bits per heavy atom. The fourth-order valence-electron chi connectivity index (χ4n) is 2.08. The Morgan fingerprint density at radius 1 is 1.05 bits per heavy atom. The van der Waals surface area contributed by atoms with Crippen LogP contribution in [0.3, 0.4) is 0 Å². The van der Waals surface area contributed by atoms with Crippen molar-refractivity contribution in [3.05, 3.63) is 65.5 Å². The highest BCUT2D eigenvalue weighted by molar-refractivity contribution is 5.90. The summed E-state index contributed by atoms with van der Waals surface area (Å²) < 4.78 is 12.8. The first-order valence-electron chi connectivity index (χ1n) is 7.19. The molecule has 2 aromatic rings. The van der Waals surface area contributed by atoms with Crippen LogP contribution in [-0.2, 0) is 11.2 Å². The van der Waals surface area contributed by atoms with Crippen molar-refractivity contribution in [3.8, 4) is 0 Å². The molecule has 0 saturated heterocycles. The number of hydrogen-bond acceptors (Lipinski definition) is 1. The van der Waals surface area contributed by atoms with Gasteiger partial charge < -0.3 is 5.32 Å². The lowest BCUT2D eigenvalue weighted by Gasteiger charge is -2.07. The molecule has 2 rings (SSSR count). The van der Waals surface area contributed by atoms with Crippen molar-refractivity contribution in [3.63, 3.8) is 0 Å². The average Bonchev–Trinajstić information content (AvgIpc) is 2.48. The van der Waals surface area contributed by atoms with Crippen LogP contribution in [0.1, 0.15) is 37.3 Å². The molecule has 0 heterocycles. The van der Waals surface area contributed by atoms with Crippen LogP contribution in [0.5, 0.6) is 0 Å². The monoisotopic (exact) mass is 285 g/mol. The second-order valence-corrected chi connectivity index (χ2v) is 5.45. The minimum atomic E-state index is -0.307. The molecule has 3 heteroatoms. The molecule has 2 aromatic carbocycles. The number of benzene rings is 2. The van der Waals surface area contributed by atoms with Crippen LogP contribution in [0.15, 0.2) is 48.5 Å². The zero-order valence-electron chi connectivity index (χ0n) is 12.4. The Morgan fingerprint density at radius 3 is 2.24 bits per heavy atom. The molecule has 0 aliphatic heterocycles. The fourth-order valence-corrected chi connectivity index (χ4v) is 2.08. The molecule has 0 bridgehead atoms. The van der Waals surface area contributed by atoms with Crippen molar-refractivity contribution in [2.24, 2.45) is 0 Å². The Balaban J connectivity index is 1.84. The van der Waals surface area contributed by atoms with Gasteiger partial charge in [0.25, 0.3) is 0 Å². The maximum Gasteiger partial charge on any atom is 0.224 e. The molecule has 0 saturated carbocycles. The molecular weight excluding hydrogens is 265 g/mol. The molecule has 21 heavy (non-hydrogen) atoms. The van der Waals surface area contributed by atoms with Crippen LogP contribution in [0.4, 0.5) is 10.1 Å². The van der Waals surface area contributed by atoms with Gasteiger partial charge in [-0.05, 0) is 47.7 Å². The van der Waals surface area contributed by atoms with Gasteiger partial charge >= 0.3 is 0 Å². The summed E-state index contributed by atoms with van der Waals surface area (Å²) in [5.74, 6) is 0.147. The Kier molecular flexibility index (Phi) is 5.09. The molecule has 2 nitrogen and oxygen atoms in total. The van der Waals surface area contributed by atoms with Gasteiger partial charge in [-0.25, -0.2) is 4.39 Å². The van der Waals surface area contributed by atoms with Gasteiger partial charge in [-0.1, -0.05) is 38.1 Å². The van der Waals surface area contributed by atoms with Crippen molar-refractivity contribution >= 4 is 11.6 Å². The molecule has 0 aliphatic carbocycles. The van der Waals surface area contributed by atoms with E-state index in [0.717, 1.165) is 5.56 Å². The molecule has 1 amide bonds. The number of amides is 1. The molecule has 0 aromatic heterocycles. The Labute approximate surface area is 125 Å². The van der Waals surface area contributed by atoms with Crippen LogP contribution in [0.25, 0.3) is 0 Å². The van der Waals surface area contributed by atoms with Gasteiger partial charge in [-0.2, -0.15) is 0 Å². The topological polar surface area (TPSA) is 29.1 Å². The lowest BCUT2D eigenvalue weighted by atomic mass is 10.0. The van der Waals surface area contributed by atoms with Crippen molar-refractivity contribution in [2.45, 2.75) is 32.6 Å². The van der Waals surface area contributed by atoms with E-state index in [1.807, 2.05) is 0 Å². The standard InChI is InChI=1S/C18H20FNO/c1-13(2)15-6-3-14(4-7-15)5-12-18(21)20-17-10-8-16(19)9-11-17/h3-4,6-11,13H,5,12H2,1-2H3,(H,20,21). The predicted octanol–water partition coefficient (Wildman–Crippen LogP) is 4.52. The normalized spacial score (nSPS) is 10.7. The number of halogens is 1. The Bertz CT molecular complexity index is 588. The summed E-state index contributed by atoms with van der Waals surface area (Å²) in [6, 6.07) is 14.1. The molecule has 110 valence electrons. The van der Waals surface area contributed by atoms with E-state index in [0.29, 0.717) is 24.4 Å². The van der Waals surface area contributed by atoms with Crippen LogP contribution in [0, 0.1) is 5.82 Å². The highest BCUT2D eigenvalue weighted by atomic mass is 19.1. The van der Waals surface area contributed by atoms with Crippen molar-refractivity contribution in [2.75, 3.05) is 5.32 Å². The molecule has 0 atom stereocenters. The quantitative estimate of drug-likeness (QED) is 0.859. The zero-order valence-corrected chi connectivity index (χ0v) is 12.4. The second-order valence-electron chi connectivity index (χ2n) is 5.45. The third-order valence-corrected chi connectivity index (χ3v) is 3.42. The van der Waals surface area contributed by atoms with Crippen molar-refractivity contribution in [1.82, 2.24) is 0 Å². The van der Waals surface area contributed by atoms with Gasteiger partial charge in [0.05, 0.1) is 0 Å². The number of hydrogen-bond donors (Lipinski definition) is 1. The van der Waals surface area contributed by atoms with E-state index in [4.69, 9.17) is 0 Å². The number of carbonyl (C=O) groups is 1. The van der Waals surface area contributed by atoms with Gasteiger partial charge in [-0.3, -0.25) is 4.79 Å². The van der Waals surface area contributed by atoms with E-state index in [9.17, 15) is 9.18 Å². The van der Waals surface area contributed by atoms with E-state index in [2.05, 4.69) is 43.4 Å². The lowest BCUT2D eigenvalue weighted by molar-refractivity contribution is -0.116. The molecule has 0 fully saturated rings. The fraction of sp³-hybridized carbons (Fsp3) is 0.278. The van der Waals surface area contributed by atoms with Crippen LogP contribution in [0.2, 0.25) is 0 Å². The minimum Gasteiger partial charge on any atom is -0.326 e. The summed E-state index contributed by atoms with van der Waals surface area (Å²) in [6.07, 6.45) is 1.11. The third kappa shape index (κ3) is 4.71. The largest absolute Gasteiger partial charge is 0.326 e. The van der Waals surface area contributed by atoms with E-state index >= 15 is 0 Å². The number of anilines is 1. The number of aryl methyl sites for hydroxylation is 1. The maximum atomic E-state index is 12.8. The van der Waals surface area contributed by atoms with Crippen LogP contribution in [-0.4, -0.2) is 5.91 Å². The van der Waals surface area contributed by atoms with Crippen LogP contribution >= 0.6 is 0 Å². The maximum absolute atomic E-state index is 12.8. The molecule has 0 unspecified atom stereocenters. The summed E-state index contributed by atoms with van der Waals surface area (Å²) in [6.45, 7) is 4.32. The highest BCUT2D eigenvalue weighted by Gasteiger charge is 2.04. The summed E-state index contributed by atoms with van der Waals surface area (Å²) in [4.78, 5) is 11.8. The number of rotatable bonds is 5. The van der Waals surface area contributed by atoms with Gasteiger partial charge in [-0.15, -0.1) is 0 Å². The predicted molar refractivity (Wildman–Crippen MR) is 83.9 cm³/mol. The van der Waals surface area contributed by atoms with Gasteiger partial charge in [0, 0.05) is 12.1 Å². The van der Waals surface area contributed by atoms with Gasteiger partial charge in [0.15, 0.2) is 0 Å². The summed E-state index contributed by atoms with van der Waals surface area (Å²) in [5, 5.41) is 2.76. The first-order valence-corrected chi connectivity index (χ1v) is 7.19. The second kappa shape index (κ2) is 7.02. The third-order valence-electron chi connectivity index (χ3n) is 3.42. The van der Waals surface area contributed by atoms with Gasteiger partial charge in [0.1, 0.15) is 5.82 Å². The van der Waals surface area contributed by atoms with E-state index in [1.165, 1.54) is 17.7 Å². The van der Waals surface area contributed by atoms with Crippen molar-refractivity contribution in [1.29, 1.82) is 0 Å². The Hall–Kier alpha value is -2.16. The molecular formula is C18H20FNO. The number of carbonyl (C=O) groups excluding carboxylic acids is 1. The summed E-state index contributed by atoms with van der Waals surface area (Å²) in [7, 11) is 0. The molecule has 0 aliphatic rings. The first kappa shape index (κ1) is 15.2. The summed E-state index contributed by atoms with van der Waals surface area (Å²) >= 11 is 0. The molecule has 0 radical (unpaired) electrons. The smallest absolute Gasteiger partial charge is 0.224 e. The van der Waals surface area contributed by atoms with E-state index in [1.54, 1.807) is 12.1 Å². The first-order chi connectivity index (χ1) is 10.0. The average molecular weight is 285 g/mol. The minimum absolute atomic E-state index is 0.0606. The zero-order chi connectivity index (χ0) is 15.2. The van der Waals surface area contributed by atoms with Crippen molar-refractivity contribution < 1.29 is 9.18 Å². The number of nitrogens with one attached hydrogen (secondary N) is 1. The molecule has 0 spiro atoms. The highest BCUT2D eigenvalue weighted by Crippen LogP contribution is 2.16. The SMILES string of the molecule is CC(C)c1ccc(CCC(=O)Nc2ccc(F)cc2)cc1. The summed E-state index contributed by atoms with van der Waals surface area (Å²) in [5.41, 5.74) is 3.07. The van der Waals surface area contributed by atoms with E-state index < -0.39 is 0 Å². The van der Waals surface area contributed by atoms with Gasteiger partial charge in [0.2, 0.25) is 5.91 Å².